The van der Waals surface area contributed by atoms with Crippen molar-refractivity contribution in [3.8, 4) is 5.75 Å². The number of hydrogen-bond donors (Lipinski definition) is 0. The highest BCUT2D eigenvalue weighted by molar-refractivity contribution is 9.10. The van der Waals surface area contributed by atoms with Gasteiger partial charge >= 0.3 is 0 Å². The zero-order valence-electron chi connectivity index (χ0n) is 15.0. The van der Waals surface area contributed by atoms with E-state index in [0.29, 0.717) is 25.3 Å². The summed E-state index contributed by atoms with van der Waals surface area (Å²) in [5, 5.41) is 0.991. The second-order valence-corrected chi connectivity index (χ2v) is 8.15. The number of para-hydroxylation sites is 1. The van der Waals surface area contributed by atoms with Crippen molar-refractivity contribution in [2.45, 2.75) is 6.92 Å². The number of fused-ring (bicyclic) bond motifs is 1. The predicted octanol–water partition coefficient (Wildman–Crippen LogP) is 4.42. The van der Waals surface area contributed by atoms with Crippen molar-refractivity contribution in [3.05, 3.63) is 52.5 Å². The number of halogens is 1. The third-order valence-corrected chi connectivity index (χ3v) is 6.39. The molecule has 1 saturated heterocycles. The van der Waals surface area contributed by atoms with Gasteiger partial charge < -0.3 is 14.5 Å². The SMILES string of the molecule is CCOc1cccc2sc(N3CCN(C(=O)c4ccccc4Br)CC3)nc12. The molecule has 27 heavy (non-hydrogen) atoms. The Bertz CT molecular complexity index is 967. The van der Waals surface area contributed by atoms with Gasteiger partial charge in [0, 0.05) is 30.7 Å². The van der Waals surface area contributed by atoms with Crippen molar-refractivity contribution in [2.75, 3.05) is 37.7 Å². The molecule has 1 fully saturated rings. The van der Waals surface area contributed by atoms with Gasteiger partial charge in [0.2, 0.25) is 0 Å². The Hall–Kier alpha value is -2.12. The van der Waals surface area contributed by atoms with Crippen LogP contribution >= 0.6 is 27.3 Å². The fourth-order valence-electron chi connectivity index (χ4n) is 3.22. The minimum atomic E-state index is 0.0741. The third kappa shape index (κ3) is 3.66. The van der Waals surface area contributed by atoms with Gasteiger partial charge in [-0.25, -0.2) is 4.98 Å². The molecule has 0 N–H and O–H groups in total. The molecule has 3 aromatic rings. The fourth-order valence-corrected chi connectivity index (χ4v) is 4.71. The van der Waals surface area contributed by atoms with E-state index in [4.69, 9.17) is 9.72 Å². The van der Waals surface area contributed by atoms with Crippen LogP contribution in [0, 0.1) is 0 Å². The highest BCUT2D eigenvalue weighted by Gasteiger charge is 2.25. The molecule has 1 aliphatic rings. The van der Waals surface area contributed by atoms with E-state index in [-0.39, 0.29) is 5.91 Å². The topological polar surface area (TPSA) is 45.7 Å². The second kappa shape index (κ2) is 7.86. The van der Waals surface area contributed by atoms with Crippen LogP contribution in [0.5, 0.6) is 5.75 Å². The molecule has 7 heteroatoms. The molecule has 1 amide bonds. The Morgan fingerprint density at radius 3 is 2.67 bits per heavy atom. The van der Waals surface area contributed by atoms with Crippen molar-refractivity contribution < 1.29 is 9.53 Å². The van der Waals surface area contributed by atoms with Gasteiger partial charge in [0.05, 0.1) is 16.9 Å². The Balaban J connectivity index is 1.48. The van der Waals surface area contributed by atoms with E-state index in [2.05, 4.69) is 26.9 Å². The highest BCUT2D eigenvalue weighted by atomic mass is 79.9. The molecule has 2 heterocycles. The van der Waals surface area contributed by atoms with E-state index in [1.54, 1.807) is 11.3 Å². The highest BCUT2D eigenvalue weighted by Crippen LogP contribution is 2.34. The first-order valence-electron chi connectivity index (χ1n) is 8.98. The van der Waals surface area contributed by atoms with Crippen LogP contribution in [0.4, 0.5) is 5.13 Å². The van der Waals surface area contributed by atoms with Gasteiger partial charge in [0.15, 0.2) is 5.13 Å². The molecule has 5 nitrogen and oxygen atoms in total. The first-order valence-corrected chi connectivity index (χ1v) is 10.6. The van der Waals surface area contributed by atoms with Crippen molar-refractivity contribution in [3.63, 3.8) is 0 Å². The summed E-state index contributed by atoms with van der Waals surface area (Å²) in [5.74, 6) is 0.908. The minimum Gasteiger partial charge on any atom is -0.492 e. The number of aromatic nitrogens is 1. The Morgan fingerprint density at radius 2 is 1.93 bits per heavy atom. The summed E-state index contributed by atoms with van der Waals surface area (Å²) in [4.78, 5) is 21.7. The zero-order valence-corrected chi connectivity index (χ0v) is 17.4. The summed E-state index contributed by atoms with van der Waals surface area (Å²) in [7, 11) is 0. The van der Waals surface area contributed by atoms with Gasteiger partial charge in [-0.3, -0.25) is 4.79 Å². The maximum Gasteiger partial charge on any atom is 0.255 e. The van der Waals surface area contributed by atoms with E-state index < -0.39 is 0 Å². The number of carbonyl (C=O) groups is 1. The first-order chi connectivity index (χ1) is 13.2. The summed E-state index contributed by atoms with van der Waals surface area (Å²) in [6.07, 6.45) is 0. The number of hydrogen-bond acceptors (Lipinski definition) is 5. The molecule has 0 bridgehead atoms. The van der Waals surface area contributed by atoms with Crippen LogP contribution in [-0.4, -0.2) is 48.6 Å². The fraction of sp³-hybridized carbons (Fsp3) is 0.300. The molecule has 0 saturated carbocycles. The molecule has 0 spiro atoms. The summed E-state index contributed by atoms with van der Waals surface area (Å²) >= 11 is 5.15. The lowest BCUT2D eigenvalue weighted by atomic mass is 10.2. The molecule has 0 aliphatic carbocycles. The second-order valence-electron chi connectivity index (χ2n) is 6.29. The largest absolute Gasteiger partial charge is 0.492 e. The summed E-state index contributed by atoms with van der Waals surface area (Å²) < 4.78 is 7.66. The molecular weight excluding hydrogens is 426 g/mol. The van der Waals surface area contributed by atoms with Crippen molar-refractivity contribution >= 4 is 48.5 Å². The third-order valence-electron chi connectivity index (χ3n) is 4.61. The van der Waals surface area contributed by atoms with E-state index in [0.717, 1.165) is 38.7 Å². The number of thiazole rings is 1. The van der Waals surface area contributed by atoms with E-state index in [9.17, 15) is 4.79 Å². The van der Waals surface area contributed by atoms with E-state index in [1.807, 2.05) is 48.2 Å². The van der Waals surface area contributed by atoms with Crippen molar-refractivity contribution in [1.82, 2.24) is 9.88 Å². The van der Waals surface area contributed by atoms with Crippen LogP contribution in [0.15, 0.2) is 46.9 Å². The number of nitrogens with zero attached hydrogens (tertiary/aromatic N) is 3. The summed E-state index contributed by atoms with van der Waals surface area (Å²) in [6.45, 7) is 5.54. The number of carbonyl (C=O) groups excluding carboxylic acids is 1. The maximum absolute atomic E-state index is 12.8. The van der Waals surface area contributed by atoms with Gasteiger partial charge in [-0.1, -0.05) is 29.5 Å². The molecule has 0 unspecified atom stereocenters. The van der Waals surface area contributed by atoms with Crippen LogP contribution < -0.4 is 9.64 Å². The lowest BCUT2D eigenvalue weighted by Crippen LogP contribution is -2.48. The number of amides is 1. The Morgan fingerprint density at radius 1 is 1.15 bits per heavy atom. The van der Waals surface area contributed by atoms with Gasteiger partial charge in [-0.2, -0.15) is 0 Å². The molecular formula is C20H20BrN3O2S. The Labute approximate surface area is 170 Å². The number of anilines is 1. The molecule has 140 valence electrons. The monoisotopic (exact) mass is 445 g/mol. The van der Waals surface area contributed by atoms with Crippen LogP contribution in [0.25, 0.3) is 10.2 Å². The number of piperazine rings is 1. The number of rotatable bonds is 4. The Kier molecular flexibility index (Phi) is 5.31. The molecule has 0 radical (unpaired) electrons. The number of benzene rings is 2. The summed E-state index contributed by atoms with van der Waals surface area (Å²) in [5.41, 5.74) is 1.64. The lowest BCUT2D eigenvalue weighted by Gasteiger charge is -2.34. The van der Waals surface area contributed by atoms with Crippen molar-refractivity contribution in [1.29, 1.82) is 0 Å². The molecule has 1 aromatic heterocycles. The van der Waals surface area contributed by atoms with Gasteiger partial charge in [0.25, 0.3) is 5.91 Å². The maximum atomic E-state index is 12.8. The van der Waals surface area contributed by atoms with E-state index in [1.165, 1.54) is 0 Å². The summed E-state index contributed by atoms with van der Waals surface area (Å²) in [6, 6.07) is 13.6. The van der Waals surface area contributed by atoms with Crippen molar-refractivity contribution in [2.24, 2.45) is 0 Å². The zero-order chi connectivity index (χ0) is 18.8. The van der Waals surface area contributed by atoms with Crippen LogP contribution in [-0.2, 0) is 0 Å². The van der Waals surface area contributed by atoms with Crippen LogP contribution in [0.1, 0.15) is 17.3 Å². The molecule has 0 atom stereocenters. The first kappa shape index (κ1) is 18.3. The van der Waals surface area contributed by atoms with Gasteiger partial charge in [-0.15, -0.1) is 0 Å². The molecule has 4 rings (SSSR count). The predicted molar refractivity (Wildman–Crippen MR) is 113 cm³/mol. The molecule has 2 aromatic carbocycles. The molecule has 1 aliphatic heterocycles. The smallest absolute Gasteiger partial charge is 0.255 e. The number of ether oxygens (including phenoxy) is 1. The lowest BCUT2D eigenvalue weighted by molar-refractivity contribution is 0.0746. The average Bonchev–Trinajstić information content (AvgIpc) is 3.14. The quantitative estimate of drug-likeness (QED) is 0.596. The normalized spacial score (nSPS) is 14.6. The average molecular weight is 446 g/mol. The standard InChI is InChI=1S/C20H20BrN3O2S/c1-2-26-16-8-5-9-17-18(16)22-20(27-17)24-12-10-23(11-13-24)19(25)14-6-3-4-7-15(14)21/h3-9H,2,10-13H2,1H3. The van der Waals surface area contributed by atoms with Gasteiger partial charge in [-0.05, 0) is 47.1 Å². The van der Waals surface area contributed by atoms with Crippen LogP contribution in [0.2, 0.25) is 0 Å². The van der Waals surface area contributed by atoms with E-state index >= 15 is 0 Å². The minimum absolute atomic E-state index is 0.0741. The van der Waals surface area contributed by atoms with Gasteiger partial charge in [0.1, 0.15) is 11.3 Å². The van der Waals surface area contributed by atoms with Crippen LogP contribution in [0.3, 0.4) is 0 Å².